The van der Waals surface area contributed by atoms with Gasteiger partial charge in [0.05, 0.1) is 31.6 Å². The maximum Gasteiger partial charge on any atom is 0.338 e. The number of esters is 1. The molecular formula is C19H22N2O5. The molecular weight excluding hydrogens is 336 g/mol. The topological polar surface area (TPSA) is 81.0 Å². The molecule has 0 aliphatic carbocycles. The Morgan fingerprint density at radius 3 is 2.58 bits per heavy atom. The van der Waals surface area contributed by atoms with Crippen LogP contribution in [0.4, 0.5) is 0 Å². The maximum absolute atomic E-state index is 12.0. The Labute approximate surface area is 151 Å². The van der Waals surface area contributed by atoms with Crippen LogP contribution in [0.15, 0.2) is 47.1 Å². The number of carbonyl (C=O) groups is 2. The van der Waals surface area contributed by atoms with Gasteiger partial charge in [-0.05, 0) is 29.8 Å². The normalized spacial score (nSPS) is 14.8. The molecule has 1 amide bonds. The monoisotopic (exact) mass is 358 g/mol. The SMILES string of the molecule is O=C(COC(=O)c1ccc(CN2CCOCC2)cc1)NCc1ccco1. The van der Waals surface area contributed by atoms with Crippen LogP contribution in [-0.2, 0) is 27.4 Å². The van der Waals surface area contributed by atoms with Crippen LogP contribution in [0.3, 0.4) is 0 Å². The van der Waals surface area contributed by atoms with Gasteiger partial charge in [0.1, 0.15) is 5.76 Å². The number of amides is 1. The summed E-state index contributed by atoms with van der Waals surface area (Å²) in [6.45, 7) is 4.11. The zero-order chi connectivity index (χ0) is 18.2. The van der Waals surface area contributed by atoms with Crippen molar-refractivity contribution in [3.05, 3.63) is 59.5 Å². The molecule has 0 spiro atoms. The number of morpholine rings is 1. The third-order valence-corrected chi connectivity index (χ3v) is 4.07. The second-order valence-electron chi connectivity index (χ2n) is 6.02. The number of ether oxygens (including phenoxy) is 2. The highest BCUT2D eigenvalue weighted by molar-refractivity contribution is 5.91. The molecule has 2 aromatic rings. The molecule has 0 saturated carbocycles. The van der Waals surface area contributed by atoms with Crippen molar-refractivity contribution in [2.24, 2.45) is 0 Å². The van der Waals surface area contributed by atoms with Gasteiger partial charge in [0.25, 0.3) is 5.91 Å². The fourth-order valence-electron chi connectivity index (χ4n) is 2.63. The lowest BCUT2D eigenvalue weighted by Crippen LogP contribution is -2.35. The van der Waals surface area contributed by atoms with E-state index in [1.807, 2.05) is 12.1 Å². The van der Waals surface area contributed by atoms with Crippen molar-refractivity contribution in [3.63, 3.8) is 0 Å². The van der Waals surface area contributed by atoms with Crippen molar-refractivity contribution >= 4 is 11.9 Å². The van der Waals surface area contributed by atoms with Crippen molar-refractivity contribution < 1.29 is 23.5 Å². The van der Waals surface area contributed by atoms with Gasteiger partial charge in [-0.1, -0.05) is 12.1 Å². The molecule has 3 rings (SSSR count). The molecule has 7 nitrogen and oxygen atoms in total. The highest BCUT2D eigenvalue weighted by Crippen LogP contribution is 2.10. The van der Waals surface area contributed by atoms with Crippen molar-refractivity contribution in [2.45, 2.75) is 13.1 Å². The fourth-order valence-corrected chi connectivity index (χ4v) is 2.63. The van der Waals surface area contributed by atoms with Gasteiger partial charge in [-0.3, -0.25) is 9.69 Å². The second-order valence-corrected chi connectivity index (χ2v) is 6.02. The Morgan fingerprint density at radius 2 is 1.88 bits per heavy atom. The van der Waals surface area contributed by atoms with Crippen LogP contribution in [0.2, 0.25) is 0 Å². The van der Waals surface area contributed by atoms with E-state index < -0.39 is 5.97 Å². The average Bonchev–Trinajstić information content (AvgIpc) is 3.19. The number of furan rings is 1. The number of hydrogen-bond acceptors (Lipinski definition) is 6. The molecule has 0 bridgehead atoms. The first kappa shape index (κ1) is 18.2. The zero-order valence-electron chi connectivity index (χ0n) is 14.5. The van der Waals surface area contributed by atoms with Gasteiger partial charge in [-0.2, -0.15) is 0 Å². The smallest absolute Gasteiger partial charge is 0.338 e. The lowest BCUT2D eigenvalue weighted by molar-refractivity contribution is -0.124. The average molecular weight is 358 g/mol. The van der Waals surface area contributed by atoms with E-state index in [0.29, 0.717) is 11.3 Å². The Bertz CT molecular complexity index is 706. The summed E-state index contributed by atoms with van der Waals surface area (Å²) in [5, 5.41) is 2.62. The molecule has 0 radical (unpaired) electrons. The van der Waals surface area contributed by atoms with Crippen LogP contribution in [0, 0.1) is 0 Å². The minimum absolute atomic E-state index is 0.264. The summed E-state index contributed by atoms with van der Waals surface area (Å²) in [5.74, 6) is -0.254. The molecule has 7 heteroatoms. The fraction of sp³-hybridized carbons (Fsp3) is 0.368. The van der Waals surface area contributed by atoms with Gasteiger partial charge in [0.2, 0.25) is 0 Å². The van der Waals surface area contributed by atoms with E-state index in [0.717, 1.165) is 38.4 Å². The summed E-state index contributed by atoms with van der Waals surface area (Å²) < 4.78 is 15.5. The van der Waals surface area contributed by atoms with Crippen molar-refractivity contribution in [1.29, 1.82) is 0 Å². The number of carbonyl (C=O) groups excluding carboxylic acids is 2. The van der Waals surface area contributed by atoms with Crippen LogP contribution in [0.1, 0.15) is 21.7 Å². The molecule has 1 N–H and O–H groups in total. The van der Waals surface area contributed by atoms with Crippen LogP contribution in [0.25, 0.3) is 0 Å². The molecule has 1 aromatic carbocycles. The minimum atomic E-state index is -0.518. The van der Waals surface area contributed by atoms with Gasteiger partial charge in [0.15, 0.2) is 6.61 Å². The highest BCUT2D eigenvalue weighted by Gasteiger charge is 2.13. The summed E-state index contributed by atoms with van der Waals surface area (Å²) in [6, 6.07) is 10.7. The van der Waals surface area contributed by atoms with E-state index in [4.69, 9.17) is 13.9 Å². The van der Waals surface area contributed by atoms with Crippen LogP contribution < -0.4 is 5.32 Å². The summed E-state index contributed by atoms with van der Waals surface area (Å²) in [5.41, 5.74) is 1.55. The minimum Gasteiger partial charge on any atom is -0.467 e. The van der Waals surface area contributed by atoms with E-state index in [1.165, 1.54) is 6.26 Å². The highest BCUT2D eigenvalue weighted by atomic mass is 16.5. The molecule has 1 aliphatic rings. The predicted molar refractivity (Wildman–Crippen MR) is 93.4 cm³/mol. The number of rotatable bonds is 7. The summed E-state index contributed by atoms with van der Waals surface area (Å²) >= 11 is 0. The first-order chi connectivity index (χ1) is 12.7. The van der Waals surface area contributed by atoms with E-state index in [1.54, 1.807) is 24.3 Å². The second kappa shape index (κ2) is 9.17. The standard InChI is InChI=1S/C19H22N2O5/c22-18(20-12-17-2-1-9-25-17)14-26-19(23)16-5-3-15(4-6-16)13-21-7-10-24-11-8-21/h1-6,9H,7-8,10-14H2,(H,20,22). The van der Waals surface area contributed by atoms with Crippen molar-refractivity contribution in [1.82, 2.24) is 10.2 Å². The lowest BCUT2D eigenvalue weighted by atomic mass is 10.1. The summed E-state index contributed by atoms with van der Waals surface area (Å²) in [6.07, 6.45) is 1.53. The predicted octanol–water partition coefficient (Wildman–Crippen LogP) is 1.58. The zero-order valence-corrected chi connectivity index (χ0v) is 14.5. The van der Waals surface area contributed by atoms with Crippen LogP contribution in [0.5, 0.6) is 0 Å². The van der Waals surface area contributed by atoms with E-state index >= 15 is 0 Å². The third kappa shape index (κ3) is 5.44. The van der Waals surface area contributed by atoms with E-state index in [2.05, 4.69) is 10.2 Å². The Hall–Kier alpha value is -2.64. The molecule has 138 valence electrons. The van der Waals surface area contributed by atoms with Gasteiger partial charge < -0.3 is 19.2 Å². The lowest BCUT2D eigenvalue weighted by Gasteiger charge is -2.26. The number of benzene rings is 1. The molecule has 0 atom stereocenters. The first-order valence-corrected chi connectivity index (χ1v) is 8.56. The van der Waals surface area contributed by atoms with Crippen molar-refractivity contribution in [3.8, 4) is 0 Å². The Kier molecular flexibility index (Phi) is 6.40. The first-order valence-electron chi connectivity index (χ1n) is 8.56. The molecule has 26 heavy (non-hydrogen) atoms. The molecule has 1 aromatic heterocycles. The van der Waals surface area contributed by atoms with Crippen molar-refractivity contribution in [2.75, 3.05) is 32.9 Å². The molecule has 1 fully saturated rings. The van der Waals surface area contributed by atoms with Gasteiger partial charge in [-0.25, -0.2) is 4.79 Å². The quantitative estimate of drug-likeness (QED) is 0.757. The van der Waals surface area contributed by atoms with Gasteiger partial charge in [-0.15, -0.1) is 0 Å². The number of hydrogen-bond donors (Lipinski definition) is 1. The van der Waals surface area contributed by atoms with E-state index in [9.17, 15) is 9.59 Å². The Balaban J connectivity index is 1.41. The summed E-state index contributed by atoms with van der Waals surface area (Å²) in [7, 11) is 0. The van der Waals surface area contributed by atoms with Crippen LogP contribution in [-0.4, -0.2) is 49.7 Å². The molecule has 0 unspecified atom stereocenters. The summed E-state index contributed by atoms with van der Waals surface area (Å²) in [4.78, 5) is 26.0. The van der Waals surface area contributed by atoms with Crippen LogP contribution >= 0.6 is 0 Å². The van der Waals surface area contributed by atoms with Gasteiger partial charge >= 0.3 is 5.97 Å². The maximum atomic E-state index is 12.0. The molecule has 1 saturated heterocycles. The van der Waals surface area contributed by atoms with E-state index in [-0.39, 0.29) is 19.1 Å². The number of nitrogens with zero attached hydrogens (tertiary/aromatic N) is 1. The third-order valence-electron chi connectivity index (χ3n) is 4.07. The molecule has 2 heterocycles. The molecule has 1 aliphatic heterocycles. The number of nitrogens with one attached hydrogen (secondary N) is 1. The Morgan fingerprint density at radius 1 is 1.12 bits per heavy atom. The largest absolute Gasteiger partial charge is 0.467 e. The van der Waals surface area contributed by atoms with Gasteiger partial charge in [0, 0.05) is 19.6 Å².